The fraction of sp³-hybridized carbons (Fsp3) is 0.680. The van der Waals surface area contributed by atoms with Crippen molar-refractivity contribution in [3.8, 4) is 0 Å². The van der Waals surface area contributed by atoms with E-state index in [-0.39, 0.29) is 5.41 Å². The minimum Gasteiger partial charge on any atom is -0.380 e. The molecule has 5 saturated carbocycles. The van der Waals surface area contributed by atoms with Crippen molar-refractivity contribution < 1.29 is 36.3 Å². The van der Waals surface area contributed by atoms with Gasteiger partial charge in [-0.3, -0.25) is 14.3 Å². The van der Waals surface area contributed by atoms with Crippen LogP contribution in [0.3, 0.4) is 0 Å². The van der Waals surface area contributed by atoms with E-state index < -0.39 is 63.0 Å². The van der Waals surface area contributed by atoms with Crippen LogP contribution < -0.4 is 9.62 Å². The molecule has 2 amide bonds. The summed E-state index contributed by atoms with van der Waals surface area (Å²) in [5, 5.41) is 9.42. The second-order valence-corrected chi connectivity index (χ2v) is 14.4. The monoisotopic (exact) mass is 606 g/mol. The molecule has 204 valence electrons. The zero-order valence-electron chi connectivity index (χ0n) is 20.2. The molecule has 7 nitrogen and oxygen atoms in total. The van der Waals surface area contributed by atoms with Crippen molar-refractivity contribution in [2.45, 2.75) is 81.2 Å². The third kappa shape index (κ3) is 4.93. The van der Waals surface area contributed by atoms with Crippen molar-refractivity contribution >= 4 is 43.5 Å². The maximum atomic E-state index is 13.5. The molecule has 1 aromatic rings. The average molecular weight is 607 g/mol. The number of anilines is 1. The molecule has 0 aromatic heterocycles. The highest BCUT2D eigenvalue weighted by Crippen LogP contribution is 2.58. The number of fused-ring (bicyclic) bond motifs is 3. The topological polar surface area (TPSA) is 104 Å². The highest BCUT2D eigenvalue weighted by molar-refractivity contribution is 9.10. The highest BCUT2D eigenvalue weighted by atomic mass is 79.9. The van der Waals surface area contributed by atoms with Crippen molar-refractivity contribution in [2.75, 3.05) is 11.4 Å². The molecular formula is C25H30BrF3N2O5S. The first-order chi connectivity index (χ1) is 17.2. The number of nitrogens with zero attached hydrogens (tertiary/aromatic N) is 1. The summed E-state index contributed by atoms with van der Waals surface area (Å²) in [4.78, 5) is 28.1. The molecule has 0 aliphatic heterocycles. The molecule has 12 heteroatoms. The van der Waals surface area contributed by atoms with Gasteiger partial charge in [0.15, 0.2) is 5.60 Å². The third-order valence-corrected chi connectivity index (χ3v) is 11.3. The van der Waals surface area contributed by atoms with E-state index in [0.29, 0.717) is 63.6 Å². The molecule has 5 aliphatic carbocycles. The van der Waals surface area contributed by atoms with Crippen molar-refractivity contribution in [1.29, 1.82) is 0 Å². The molecular weight excluding hydrogens is 577 g/mol. The maximum absolute atomic E-state index is 13.5. The zero-order valence-corrected chi connectivity index (χ0v) is 22.6. The van der Waals surface area contributed by atoms with Crippen molar-refractivity contribution in [3.63, 3.8) is 0 Å². The summed E-state index contributed by atoms with van der Waals surface area (Å²) in [7, 11) is -3.64. The van der Waals surface area contributed by atoms with Crippen LogP contribution in [0.4, 0.5) is 18.9 Å². The first-order valence-electron chi connectivity index (χ1n) is 12.6. The summed E-state index contributed by atoms with van der Waals surface area (Å²) in [6.07, 6.45) is -1.65. The molecule has 5 fully saturated rings. The van der Waals surface area contributed by atoms with Gasteiger partial charge in [-0.25, -0.2) is 8.42 Å². The van der Waals surface area contributed by atoms with Crippen molar-refractivity contribution in [2.24, 2.45) is 16.7 Å². The molecule has 0 spiro atoms. The molecule has 0 radical (unpaired) electrons. The molecule has 5 aliphatic rings. The van der Waals surface area contributed by atoms with Crippen LogP contribution in [0, 0.1) is 16.7 Å². The first kappa shape index (κ1) is 26.9. The van der Waals surface area contributed by atoms with E-state index in [2.05, 4.69) is 20.7 Å². The summed E-state index contributed by atoms with van der Waals surface area (Å²) in [5.74, 6) is -1.82. The predicted molar refractivity (Wildman–Crippen MR) is 133 cm³/mol. The Bertz CT molecular complexity index is 1190. The number of nitrogens with one attached hydrogen (secondary N) is 1. The van der Waals surface area contributed by atoms with Crippen LogP contribution in [-0.4, -0.2) is 48.9 Å². The van der Waals surface area contributed by atoms with Crippen molar-refractivity contribution in [3.05, 3.63) is 28.7 Å². The largest absolute Gasteiger partial charge is 0.417 e. The average Bonchev–Trinajstić information content (AvgIpc) is 3.67. The Morgan fingerprint density at radius 3 is 2.19 bits per heavy atom. The Balaban J connectivity index is 1.31. The van der Waals surface area contributed by atoms with Gasteiger partial charge < -0.3 is 10.0 Å². The molecule has 0 unspecified atom stereocenters. The van der Waals surface area contributed by atoms with Crippen LogP contribution in [-0.2, 0) is 19.6 Å². The number of halogens is 4. The summed E-state index contributed by atoms with van der Waals surface area (Å²) in [6, 6.07) is 7.02. The van der Waals surface area contributed by atoms with Crippen LogP contribution in [0.15, 0.2) is 28.7 Å². The second kappa shape index (κ2) is 8.94. The number of aliphatic hydroxyl groups is 1. The van der Waals surface area contributed by atoms with E-state index in [1.54, 1.807) is 29.2 Å². The lowest BCUT2D eigenvalue weighted by Crippen LogP contribution is -2.60. The Labute approximate surface area is 222 Å². The van der Waals surface area contributed by atoms with E-state index in [4.69, 9.17) is 0 Å². The number of benzene rings is 1. The summed E-state index contributed by atoms with van der Waals surface area (Å²) >= 11 is 3.40. The van der Waals surface area contributed by atoms with E-state index in [1.807, 2.05) is 0 Å². The van der Waals surface area contributed by atoms with Gasteiger partial charge in [0.25, 0.3) is 0 Å². The lowest BCUT2D eigenvalue weighted by molar-refractivity contribution is -0.295. The van der Waals surface area contributed by atoms with Crippen LogP contribution in [0.5, 0.6) is 0 Å². The third-order valence-electron chi connectivity index (χ3n) is 9.01. The van der Waals surface area contributed by atoms with Crippen LogP contribution in [0.25, 0.3) is 0 Å². The lowest BCUT2D eigenvalue weighted by Gasteiger charge is -2.54. The van der Waals surface area contributed by atoms with E-state index in [9.17, 15) is 36.3 Å². The quantitative estimate of drug-likeness (QED) is 0.478. The summed E-state index contributed by atoms with van der Waals surface area (Å²) < 4.78 is 67.3. The van der Waals surface area contributed by atoms with Gasteiger partial charge in [-0.05, 0) is 87.8 Å². The number of carbonyl (C=O) groups excluding carboxylic acids is 2. The predicted octanol–water partition coefficient (Wildman–Crippen LogP) is 4.43. The van der Waals surface area contributed by atoms with Gasteiger partial charge >= 0.3 is 6.18 Å². The standard InChI is InChI=1S/C25H30BrF3N2O5S/c26-17-2-1-3-18(12-17)31(20(32)16-13-24(34,14-16)25(27,28)29)15-22-6-9-23(10-7-22,11-8-22)21(33)30-37(35,36)19-4-5-19/h1-3,12,16,19,34H,4-11,13-15H2,(H,30,33). The number of alkyl halides is 3. The number of amides is 2. The molecule has 0 heterocycles. The molecule has 37 heavy (non-hydrogen) atoms. The summed E-state index contributed by atoms with van der Waals surface area (Å²) in [6.45, 7) is 0.293. The Morgan fingerprint density at radius 1 is 1.08 bits per heavy atom. The van der Waals surface area contributed by atoms with Gasteiger partial charge in [-0.15, -0.1) is 0 Å². The highest BCUT2D eigenvalue weighted by Gasteiger charge is 2.63. The molecule has 2 bridgehead atoms. The maximum Gasteiger partial charge on any atom is 0.417 e. The van der Waals surface area contributed by atoms with Crippen LogP contribution in [0.1, 0.15) is 64.2 Å². The SMILES string of the molecule is O=C(C1CC(O)(C(F)(F)F)C1)N(CC12CCC(C(=O)NS(=O)(=O)C3CC3)(CC1)CC2)c1cccc(Br)c1. The number of carbonyl (C=O) groups is 2. The smallest absolute Gasteiger partial charge is 0.380 e. The minimum absolute atomic E-state index is 0.293. The van der Waals surface area contributed by atoms with Gasteiger partial charge in [0.05, 0.1) is 10.7 Å². The number of sulfonamides is 1. The minimum atomic E-state index is -4.79. The van der Waals surface area contributed by atoms with E-state index in [0.717, 1.165) is 4.47 Å². The van der Waals surface area contributed by atoms with Gasteiger partial charge in [0.2, 0.25) is 21.8 Å². The molecule has 0 atom stereocenters. The number of hydrogen-bond donors (Lipinski definition) is 2. The Morgan fingerprint density at radius 2 is 1.68 bits per heavy atom. The lowest BCUT2D eigenvalue weighted by atomic mass is 9.53. The number of hydrogen-bond acceptors (Lipinski definition) is 5. The summed E-state index contributed by atoms with van der Waals surface area (Å²) in [5.41, 5.74) is -3.34. The fourth-order valence-electron chi connectivity index (χ4n) is 6.20. The van der Waals surface area contributed by atoms with E-state index in [1.165, 1.54) is 0 Å². The second-order valence-electron chi connectivity index (χ2n) is 11.5. The molecule has 2 N–H and O–H groups in total. The van der Waals surface area contributed by atoms with Gasteiger partial charge in [0.1, 0.15) is 0 Å². The van der Waals surface area contributed by atoms with Crippen molar-refractivity contribution in [1.82, 2.24) is 4.72 Å². The van der Waals surface area contributed by atoms with Gasteiger partial charge in [0, 0.05) is 22.6 Å². The van der Waals surface area contributed by atoms with Crippen LogP contribution in [0.2, 0.25) is 0 Å². The molecule has 0 saturated heterocycles. The normalized spacial score (nSPS) is 33.5. The van der Waals surface area contributed by atoms with Crippen LogP contribution >= 0.6 is 15.9 Å². The van der Waals surface area contributed by atoms with E-state index >= 15 is 0 Å². The van der Waals surface area contributed by atoms with Gasteiger partial charge in [-0.2, -0.15) is 13.2 Å². The Hall–Kier alpha value is -1.66. The molecule has 6 rings (SSSR count). The molecule has 1 aromatic carbocycles. The Kier molecular flexibility index (Phi) is 6.51. The van der Waals surface area contributed by atoms with Gasteiger partial charge in [-0.1, -0.05) is 22.0 Å². The first-order valence-corrected chi connectivity index (χ1v) is 14.9. The zero-order chi connectivity index (χ0) is 26.9. The number of rotatable bonds is 7. The fourth-order valence-corrected chi connectivity index (χ4v) is 7.98.